The van der Waals surface area contributed by atoms with E-state index in [-0.39, 0.29) is 5.91 Å². The van der Waals surface area contributed by atoms with Crippen LogP contribution in [0.1, 0.15) is 41.9 Å². The number of aromatic nitrogens is 1. The number of carbonyl (C=O) groups is 1. The fourth-order valence-corrected chi connectivity index (χ4v) is 3.74. The Morgan fingerprint density at radius 3 is 3.18 bits per heavy atom. The maximum absolute atomic E-state index is 11.0. The van der Waals surface area contributed by atoms with Gasteiger partial charge in [0.25, 0.3) is 0 Å². The minimum absolute atomic E-state index is 0.0209. The first-order valence-corrected chi connectivity index (χ1v) is 8.56. The average molecular weight is 315 g/mol. The van der Waals surface area contributed by atoms with Crippen molar-refractivity contribution in [2.24, 2.45) is 0 Å². The number of amides is 1. The molecule has 0 radical (unpaired) electrons. The van der Waals surface area contributed by atoms with Gasteiger partial charge in [-0.2, -0.15) is 0 Å². The molecule has 0 bridgehead atoms. The van der Waals surface area contributed by atoms with Crippen LogP contribution in [0, 0.1) is 0 Å². The Morgan fingerprint density at radius 1 is 1.50 bits per heavy atom. The Balaban J connectivity index is 1.71. The first kappa shape index (κ1) is 15.2. The molecule has 1 saturated heterocycles. The maximum atomic E-state index is 11.0. The highest BCUT2D eigenvalue weighted by Crippen LogP contribution is 2.33. The van der Waals surface area contributed by atoms with Crippen LogP contribution in [0.4, 0.5) is 0 Å². The third kappa shape index (κ3) is 3.72. The van der Waals surface area contributed by atoms with Gasteiger partial charge in [-0.15, -0.1) is 11.3 Å². The predicted molar refractivity (Wildman–Crippen MR) is 88.5 cm³/mol. The molecular formula is C17H21N3OS. The molecule has 3 rings (SSSR count). The van der Waals surface area contributed by atoms with Crippen LogP contribution in [0.5, 0.6) is 0 Å². The van der Waals surface area contributed by atoms with Crippen LogP contribution in [0.15, 0.2) is 35.8 Å². The van der Waals surface area contributed by atoms with Crippen LogP contribution in [0.25, 0.3) is 0 Å². The van der Waals surface area contributed by atoms with Crippen molar-refractivity contribution in [3.8, 4) is 0 Å². The summed E-state index contributed by atoms with van der Waals surface area (Å²) in [6.45, 7) is 4.20. The highest BCUT2D eigenvalue weighted by Gasteiger charge is 2.26. The molecule has 1 amide bonds. The molecule has 0 saturated carbocycles. The van der Waals surface area contributed by atoms with Crippen molar-refractivity contribution in [3.63, 3.8) is 0 Å². The zero-order valence-electron chi connectivity index (χ0n) is 12.8. The molecule has 0 aliphatic carbocycles. The largest absolute Gasteiger partial charge is 0.351 e. The number of hydrogen-bond donors (Lipinski definition) is 1. The monoisotopic (exact) mass is 315 g/mol. The van der Waals surface area contributed by atoms with Gasteiger partial charge in [-0.05, 0) is 48.5 Å². The molecular weight excluding hydrogens is 294 g/mol. The summed E-state index contributed by atoms with van der Waals surface area (Å²) in [5.41, 5.74) is 2.24. The number of hydrogen-bond acceptors (Lipinski definition) is 4. The van der Waals surface area contributed by atoms with Crippen LogP contribution in [0.2, 0.25) is 0 Å². The Labute approximate surface area is 135 Å². The lowest BCUT2D eigenvalue weighted by Crippen LogP contribution is -2.23. The second-order valence-electron chi connectivity index (χ2n) is 5.70. The summed E-state index contributed by atoms with van der Waals surface area (Å²) in [5.74, 6) is -0.0209. The van der Waals surface area contributed by atoms with Gasteiger partial charge in [-0.25, -0.2) is 0 Å². The summed E-state index contributed by atoms with van der Waals surface area (Å²) >= 11 is 1.82. The minimum atomic E-state index is -0.0209. The third-order valence-electron chi connectivity index (χ3n) is 4.05. The molecule has 4 nitrogen and oxygen atoms in total. The van der Waals surface area contributed by atoms with E-state index in [1.807, 2.05) is 17.5 Å². The van der Waals surface area contributed by atoms with Gasteiger partial charge in [0.15, 0.2) is 0 Å². The van der Waals surface area contributed by atoms with Crippen molar-refractivity contribution in [3.05, 3.63) is 52.0 Å². The second-order valence-corrected chi connectivity index (χ2v) is 6.73. The zero-order chi connectivity index (χ0) is 15.4. The molecule has 5 heteroatoms. The van der Waals surface area contributed by atoms with Crippen LogP contribution >= 0.6 is 11.3 Å². The van der Waals surface area contributed by atoms with Crippen molar-refractivity contribution in [1.29, 1.82) is 0 Å². The Kier molecular flexibility index (Phi) is 4.85. The molecule has 1 aliphatic heterocycles. The molecule has 0 unspecified atom stereocenters. The number of pyridine rings is 1. The number of likely N-dealkylation sites (tertiary alicyclic amines) is 1. The minimum Gasteiger partial charge on any atom is -0.351 e. The van der Waals surface area contributed by atoms with E-state index in [2.05, 4.69) is 44.8 Å². The summed E-state index contributed by atoms with van der Waals surface area (Å²) in [7, 11) is 0. The van der Waals surface area contributed by atoms with E-state index in [0.717, 1.165) is 18.8 Å². The molecule has 22 heavy (non-hydrogen) atoms. The topological polar surface area (TPSA) is 45.2 Å². The van der Waals surface area contributed by atoms with Gasteiger partial charge < -0.3 is 5.32 Å². The van der Waals surface area contributed by atoms with Crippen LogP contribution in [-0.2, 0) is 17.9 Å². The lowest BCUT2D eigenvalue weighted by molar-refractivity contribution is -0.119. The van der Waals surface area contributed by atoms with E-state index in [9.17, 15) is 4.79 Å². The number of rotatable bonds is 5. The number of thiophene rings is 1. The molecule has 3 heterocycles. The first-order valence-electron chi connectivity index (χ1n) is 7.68. The molecule has 1 aliphatic rings. The molecule has 2 aromatic heterocycles. The van der Waals surface area contributed by atoms with Crippen molar-refractivity contribution in [1.82, 2.24) is 15.2 Å². The van der Waals surface area contributed by atoms with Gasteiger partial charge in [0.2, 0.25) is 5.91 Å². The van der Waals surface area contributed by atoms with Crippen molar-refractivity contribution < 1.29 is 4.79 Å². The number of nitrogens with zero attached hydrogens (tertiary/aromatic N) is 2. The Morgan fingerprint density at radius 2 is 2.41 bits per heavy atom. The quantitative estimate of drug-likeness (QED) is 0.922. The summed E-state index contributed by atoms with van der Waals surface area (Å²) in [5, 5.41) is 4.95. The second kappa shape index (κ2) is 7.03. The molecule has 0 aromatic carbocycles. The smallest absolute Gasteiger partial charge is 0.217 e. The predicted octanol–water partition coefficient (Wildman–Crippen LogP) is 3.12. The van der Waals surface area contributed by atoms with E-state index in [0.29, 0.717) is 12.6 Å². The van der Waals surface area contributed by atoms with Crippen LogP contribution < -0.4 is 5.32 Å². The van der Waals surface area contributed by atoms with Gasteiger partial charge in [0.05, 0.1) is 12.2 Å². The SMILES string of the molecule is CC(=O)NCc1cc([C@H]2CCCN2Cc2cccs2)ccn1. The van der Waals surface area contributed by atoms with E-state index in [4.69, 9.17) is 0 Å². The normalized spacial score (nSPS) is 18.5. The summed E-state index contributed by atoms with van der Waals surface area (Å²) < 4.78 is 0. The highest BCUT2D eigenvalue weighted by molar-refractivity contribution is 7.09. The molecule has 2 aromatic rings. The molecule has 1 fully saturated rings. The lowest BCUT2D eigenvalue weighted by atomic mass is 10.0. The Hall–Kier alpha value is -1.72. The zero-order valence-corrected chi connectivity index (χ0v) is 13.6. The first-order chi connectivity index (χ1) is 10.7. The van der Waals surface area contributed by atoms with Gasteiger partial charge in [0.1, 0.15) is 0 Å². The van der Waals surface area contributed by atoms with E-state index < -0.39 is 0 Å². The summed E-state index contributed by atoms with van der Waals surface area (Å²) in [6.07, 6.45) is 4.28. The fraction of sp³-hybridized carbons (Fsp3) is 0.412. The molecule has 1 atom stereocenters. The van der Waals surface area contributed by atoms with Crippen molar-refractivity contribution in [2.75, 3.05) is 6.54 Å². The van der Waals surface area contributed by atoms with Gasteiger partial charge >= 0.3 is 0 Å². The third-order valence-corrected chi connectivity index (χ3v) is 4.91. The van der Waals surface area contributed by atoms with Crippen molar-refractivity contribution >= 4 is 17.2 Å². The summed E-state index contributed by atoms with van der Waals surface area (Å²) in [6, 6.07) is 9.01. The average Bonchev–Trinajstić information content (AvgIpc) is 3.18. The van der Waals surface area contributed by atoms with Crippen LogP contribution in [0.3, 0.4) is 0 Å². The highest BCUT2D eigenvalue weighted by atomic mass is 32.1. The Bertz CT molecular complexity index is 627. The van der Waals surface area contributed by atoms with E-state index >= 15 is 0 Å². The van der Waals surface area contributed by atoms with E-state index in [1.54, 1.807) is 0 Å². The van der Waals surface area contributed by atoms with Crippen molar-refractivity contribution in [2.45, 2.75) is 38.9 Å². The standard InChI is InChI=1S/C17H21N3OS/c1-13(21)19-11-15-10-14(6-7-18-15)17-5-2-8-20(17)12-16-4-3-9-22-16/h3-4,6-7,9-10,17H,2,5,8,11-12H2,1H3,(H,19,21)/t17-/m1/s1. The van der Waals surface area contributed by atoms with Crippen LogP contribution in [-0.4, -0.2) is 22.3 Å². The lowest BCUT2D eigenvalue weighted by Gasteiger charge is -2.24. The molecule has 1 N–H and O–H groups in total. The number of nitrogens with one attached hydrogen (secondary N) is 1. The molecule has 116 valence electrons. The van der Waals surface area contributed by atoms with Gasteiger partial charge in [0, 0.05) is 30.6 Å². The fourth-order valence-electron chi connectivity index (χ4n) is 3.01. The molecule has 0 spiro atoms. The van der Waals surface area contributed by atoms with Gasteiger partial charge in [-0.1, -0.05) is 6.07 Å². The maximum Gasteiger partial charge on any atom is 0.217 e. The van der Waals surface area contributed by atoms with Gasteiger partial charge in [-0.3, -0.25) is 14.7 Å². The number of carbonyl (C=O) groups excluding carboxylic acids is 1. The van der Waals surface area contributed by atoms with E-state index in [1.165, 1.54) is 30.2 Å². The summed E-state index contributed by atoms with van der Waals surface area (Å²) in [4.78, 5) is 19.4.